The molecule has 37 heavy (non-hydrogen) atoms. The van der Waals surface area contributed by atoms with Gasteiger partial charge >= 0.3 is 0 Å². The van der Waals surface area contributed by atoms with E-state index in [1.54, 1.807) is 16.8 Å². The predicted octanol–water partition coefficient (Wildman–Crippen LogP) is 7.60. The lowest BCUT2D eigenvalue weighted by molar-refractivity contribution is 0.0919. The van der Waals surface area contributed by atoms with E-state index in [9.17, 15) is 4.79 Å². The lowest BCUT2D eigenvalue weighted by Crippen LogP contribution is -2.22. The molecule has 0 saturated heterocycles. The molecule has 186 valence electrons. The molecule has 6 nitrogen and oxygen atoms in total. The quantitative estimate of drug-likeness (QED) is 0.215. The van der Waals surface area contributed by atoms with Crippen LogP contribution >= 0.6 is 34.8 Å². The fourth-order valence-electron chi connectivity index (χ4n) is 3.74. The van der Waals surface area contributed by atoms with Crippen molar-refractivity contribution in [2.45, 2.75) is 13.2 Å². The number of benzene rings is 3. The first-order chi connectivity index (χ1) is 18.0. The van der Waals surface area contributed by atoms with Gasteiger partial charge < -0.3 is 14.5 Å². The minimum Gasteiger partial charge on any atom is -0.483 e. The second-order valence-electron chi connectivity index (χ2n) is 8.08. The van der Waals surface area contributed by atoms with Crippen molar-refractivity contribution < 1.29 is 13.9 Å². The van der Waals surface area contributed by atoms with Crippen LogP contribution in [0.2, 0.25) is 15.1 Å². The Balaban J connectivity index is 1.28. The van der Waals surface area contributed by atoms with Gasteiger partial charge in [0.1, 0.15) is 12.4 Å². The van der Waals surface area contributed by atoms with Gasteiger partial charge in [-0.3, -0.25) is 4.79 Å². The van der Waals surface area contributed by atoms with Gasteiger partial charge in [-0.1, -0.05) is 83.3 Å². The number of halogens is 3. The van der Waals surface area contributed by atoms with Crippen LogP contribution in [0.15, 0.2) is 95.5 Å². The molecule has 0 bridgehead atoms. The van der Waals surface area contributed by atoms with E-state index in [1.165, 1.54) is 12.1 Å². The number of ether oxygens (including phenoxy) is 1. The molecule has 0 spiro atoms. The van der Waals surface area contributed by atoms with Crippen molar-refractivity contribution in [1.82, 2.24) is 15.1 Å². The van der Waals surface area contributed by atoms with E-state index in [2.05, 4.69) is 5.32 Å². The van der Waals surface area contributed by atoms with E-state index in [-0.39, 0.29) is 34.9 Å². The van der Waals surface area contributed by atoms with Crippen molar-refractivity contribution in [3.63, 3.8) is 0 Å². The molecule has 0 saturated carbocycles. The second-order valence-corrected chi connectivity index (χ2v) is 9.34. The number of rotatable bonds is 8. The maximum absolute atomic E-state index is 12.8. The van der Waals surface area contributed by atoms with Gasteiger partial charge in [0.25, 0.3) is 5.91 Å². The SMILES string of the molecule is O=C(NCc1cn(-c2ccccc2)nc1-c1ccccc1)c1ccc(COc2c(Cl)cc(Cl)cc2Cl)o1. The number of hydrogen-bond donors (Lipinski definition) is 1. The van der Waals surface area contributed by atoms with Gasteiger partial charge in [0, 0.05) is 28.9 Å². The van der Waals surface area contributed by atoms with Gasteiger partial charge in [0.15, 0.2) is 11.5 Å². The molecule has 2 heterocycles. The molecular formula is C28H20Cl3N3O3. The Kier molecular flexibility index (Phi) is 7.51. The topological polar surface area (TPSA) is 69.3 Å². The number of amides is 1. The van der Waals surface area contributed by atoms with Crippen molar-refractivity contribution in [3.05, 3.63) is 123 Å². The second kappa shape index (κ2) is 11.1. The minimum atomic E-state index is -0.361. The monoisotopic (exact) mass is 551 g/mol. The summed E-state index contributed by atoms with van der Waals surface area (Å²) in [6.07, 6.45) is 1.92. The van der Waals surface area contributed by atoms with Gasteiger partial charge in [-0.05, 0) is 36.4 Å². The molecule has 3 aromatic carbocycles. The van der Waals surface area contributed by atoms with Gasteiger partial charge in [-0.15, -0.1) is 0 Å². The van der Waals surface area contributed by atoms with Gasteiger partial charge in [-0.25, -0.2) is 4.68 Å². The van der Waals surface area contributed by atoms with Crippen LogP contribution in [0.3, 0.4) is 0 Å². The molecule has 9 heteroatoms. The predicted molar refractivity (Wildman–Crippen MR) is 145 cm³/mol. The Labute approximate surface area is 228 Å². The summed E-state index contributed by atoms with van der Waals surface area (Å²) in [4.78, 5) is 12.8. The Morgan fingerprint density at radius 1 is 0.919 bits per heavy atom. The first kappa shape index (κ1) is 25.0. The zero-order valence-corrected chi connectivity index (χ0v) is 21.6. The van der Waals surface area contributed by atoms with E-state index in [4.69, 9.17) is 49.1 Å². The Morgan fingerprint density at radius 2 is 1.59 bits per heavy atom. The molecule has 0 aliphatic heterocycles. The largest absolute Gasteiger partial charge is 0.483 e. The number of aromatic nitrogens is 2. The van der Waals surface area contributed by atoms with Gasteiger partial charge in [-0.2, -0.15) is 5.10 Å². The van der Waals surface area contributed by atoms with Crippen molar-refractivity contribution in [3.8, 4) is 22.7 Å². The molecule has 0 radical (unpaired) electrons. The molecule has 5 rings (SSSR count). The van der Waals surface area contributed by atoms with E-state index in [0.717, 1.165) is 22.5 Å². The summed E-state index contributed by atoms with van der Waals surface area (Å²) in [7, 11) is 0. The maximum Gasteiger partial charge on any atom is 0.287 e. The van der Waals surface area contributed by atoms with Gasteiger partial charge in [0.05, 0.1) is 21.4 Å². The van der Waals surface area contributed by atoms with E-state index >= 15 is 0 Å². The van der Waals surface area contributed by atoms with Crippen molar-refractivity contribution in [2.75, 3.05) is 0 Å². The normalized spacial score (nSPS) is 10.9. The lowest BCUT2D eigenvalue weighted by atomic mass is 10.1. The number of nitrogens with zero attached hydrogens (tertiary/aromatic N) is 2. The molecule has 0 aliphatic rings. The Hall–Kier alpha value is -3.71. The summed E-state index contributed by atoms with van der Waals surface area (Å²) < 4.78 is 13.2. The summed E-state index contributed by atoms with van der Waals surface area (Å²) >= 11 is 18.3. The standard InChI is InChI=1S/C28H20Cl3N3O3/c29-20-13-23(30)27(24(31)14-20)36-17-22-11-12-25(37-22)28(35)32-15-19-16-34(21-9-5-2-6-10-21)33-26(19)18-7-3-1-4-8-18/h1-14,16H,15,17H2,(H,32,35). The van der Waals surface area contributed by atoms with Crippen LogP contribution in [0, 0.1) is 0 Å². The third kappa shape index (κ3) is 5.83. The molecule has 1 N–H and O–H groups in total. The van der Waals surface area contributed by atoms with E-state index < -0.39 is 0 Å². The molecule has 0 aliphatic carbocycles. The van der Waals surface area contributed by atoms with Crippen LogP contribution in [0.4, 0.5) is 0 Å². The van der Waals surface area contributed by atoms with Crippen molar-refractivity contribution in [1.29, 1.82) is 0 Å². The molecule has 0 atom stereocenters. The Bertz CT molecular complexity index is 1510. The molecule has 1 amide bonds. The Morgan fingerprint density at radius 3 is 2.30 bits per heavy atom. The average molecular weight is 553 g/mol. The molecule has 0 unspecified atom stereocenters. The number of furan rings is 1. The molecule has 5 aromatic rings. The highest BCUT2D eigenvalue weighted by molar-refractivity contribution is 6.40. The summed E-state index contributed by atoms with van der Waals surface area (Å²) in [5.74, 6) is 0.525. The number of carbonyl (C=O) groups is 1. The number of hydrogen-bond acceptors (Lipinski definition) is 4. The van der Waals surface area contributed by atoms with Crippen LogP contribution in [0.1, 0.15) is 21.9 Å². The summed E-state index contributed by atoms with van der Waals surface area (Å²) in [6, 6.07) is 26.0. The van der Waals surface area contributed by atoms with Crippen LogP contribution in [0.5, 0.6) is 5.75 Å². The number of nitrogens with one attached hydrogen (secondary N) is 1. The fraction of sp³-hybridized carbons (Fsp3) is 0.0714. The summed E-state index contributed by atoms with van der Waals surface area (Å²) in [5, 5.41) is 8.67. The first-order valence-electron chi connectivity index (χ1n) is 11.3. The highest BCUT2D eigenvalue weighted by Crippen LogP contribution is 2.36. The summed E-state index contributed by atoms with van der Waals surface area (Å²) in [6.45, 7) is 0.300. The lowest BCUT2D eigenvalue weighted by Gasteiger charge is -2.09. The van der Waals surface area contributed by atoms with E-state index in [0.29, 0.717) is 16.5 Å². The van der Waals surface area contributed by atoms with Crippen LogP contribution in [0.25, 0.3) is 16.9 Å². The molecular weight excluding hydrogens is 533 g/mol. The van der Waals surface area contributed by atoms with Crippen LogP contribution < -0.4 is 10.1 Å². The third-order valence-corrected chi connectivity index (χ3v) is 6.28. The summed E-state index contributed by atoms with van der Waals surface area (Å²) in [5.41, 5.74) is 3.53. The molecule has 0 fully saturated rings. The minimum absolute atomic E-state index is 0.0380. The van der Waals surface area contributed by atoms with Crippen LogP contribution in [-0.4, -0.2) is 15.7 Å². The molecule has 2 aromatic heterocycles. The van der Waals surface area contributed by atoms with E-state index in [1.807, 2.05) is 66.9 Å². The smallest absolute Gasteiger partial charge is 0.287 e. The first-order valence-corrected chi connectivity index (χ1v) is 12.4. The number of para-hydroxylation sites is 1. The fourth-order valence-corrected chi connectivity index (χ4v) is 4.67. The van der Waals surface area contributed by atoms with Gasteiger partial charge in [0.2, 0.25) is 0 Å². The van der Waals surface area contributed by atoms with Crippen molar-refractivity contribution in [2.24, 2.45) is 0 Å². The third-order valence-electron chi connectivity index (χ3n) is 5.50. The highest BCUT2D eigenvalue weighted by Gasteiger charge is 2.17. The van der Waals surface area contributed by atoms with Crippen molar-refractivity contribution >= 4 is 40.7 Å². The maximum atomic E-state index is 12.8. The zero-order valence-electron chi connectivity index (χ0n) is 19.3. The van der Waals surface area contributed by atoms with Crippen LogP contribution in [-0.2, 0) is 13.2 Å². The highest BCUT2D eigenvalue weighted by atomic mass is 35.5. The number of carbonyl (C=O) groups excluding carboxylic acids is 1. The zero-order chi connectivity index (χ0) is 25.8. The average Bonchev–Trinajstić information content (AvgIpc) is 3.55.